The molecule has 0 radical (unpaired) electrons. The summed E-state index contributed by atoms with van der Waals surface area (Å²) in [7, 11) is 0. The Morgan fingerprint density at radius 2 is 1.67 bits per heavy atom. The molecule has 0 aliphatic rings. The molecule has 4 atom stereocenters. The fourth-order valence-electron chi connectivity index (χ4n) is 4.25. The van der Waals surface area contributed by atoms with Gasteiger partial charge in [-0.05, 0) is 51.0 Å². The minimum absolute atomic E-state index is 0.0175. The number of rotatable bonds is 15. The third-order valence-electron chi connectivity index (χ3n) is 6.39. The lowest BCUT2D eigenvalue weighted by molar-refractivity contribution is -0.150. The fourth-order valence-corrected chi connectivity index (χ4v) is 4.25. The van der Waals surface area contributed by atoms with E-state index in [2.05, 4.69) is 10.6 Å². The summed E-state index contributed by atoms with van der Waals surface area (Å²) in [6.07, 6.45) is 0.269. The summed E-state index contributed by atoms with van der Waals surface area (Å²) in [4.78, 5) is 64.7. The van der Waals surface area contributed by atoms with Crippen LogP contribution in [-0.4, -0.2) is 63.8 Å². The topological polar surface area (TPSA) is 142 Å². The van der Waals surface area contributed by atoms with Crippen LogP contribution in [0.3, 0.4) is 0 Å². The first-order chi connectivity index (χ1) is 18.2. The van der Waals surface area contributed by atoms with Crippen LogP contribution >= 0.6 is 0 Å². The van der Waals surface area contributed by atoms with Crippen molar-refractivity contribution in [3.63, 3.8) is 0 Å². The number of hydrogen-bond donors (Lipinski definition) is 3. The van der Waals surface area contributed by atoms with Crippen molar-refractivity contribution in [3.05, 3.63) is 35.9 Å². The number of alkyl carbamates (subject to hydrolysis) is 1. The highest BCUT2D eigenvalue weighted by atomic mass is 16.5. The van der Waals surface area contributed by atoms with Crippen LogP contribution < -0.4 is 10.6 Å². The second kappa shape index (κ2) is 15.9. The van der Waals surface area contributed by atoms with Crippen LogP contribution in [0.4, 0.5) is 4.79 Å². The zero-order chi connectivity index (χ0) is 29.8. The zero-order valence-corrected chi connectivity index (χ0v) is 24.2. The third-order valence-corrected chi connectivity index (χ3v) is 6.39. The van der Waals surface area contributed by atoms with E-state index in [0.29, 0.717) is 19.1 Å². The molecular weight excluding hydrogens is 502 g/mol. The molecular formula is C29H45N3O7. The van der Waals surface area contributed by atoms with Crippen molar-refractivity contribution in [2.24, 2.45) is 11.8 Å². The van der Waals surface area contributed by atoms with Crippen LogP contribution in [0.2, 0.25) is 0 Å². The van der Waals surface area contributed by atoms with Crippen LogP contribution in [0.25, 0.3) is 0 Å². The predicted octanol–water partition coefficient (Wildman–Crippen LogP) is 3.92. The Morgan fingerprint density at radius 3 is 2.15 bits per heavy atom. The number of carboxylic acids is 1. The van der Waals surface area contributed by atoms with E-state index < -0.39 is 47.5 Å². The largest absolute Gasteiger partial charge is 0.481 e. The molecule has 0 aromatic heterocycles. The maximum Gasteiger partial charge on any atom is 0.408 e. The summed E-state index contributed by atoms with van der Waals surface area (Å²) in [5.74, 6) is -2.47. The number of benzene rings is 1. The van der Waals surface area contributed by atoms with E-state index >= 15 is 0 Å². The molecule has 0 fully saturated rings. The SMILES string of the molecule is CC[C@H](C)[C@H](NC(=O)OCc1ccccc1)C(=O)N([C@@H](CCC(=O)O)C(=O)N[C@H](C=O)CC(C)C)C(C)(C)C. The highest BCUT2D eigenvalue weighted by molar-refractivity contribution is 5.93. The van der Waals surface area contributed by atoms with Gasteiger partial charge in [-0.25, -0.2) is 4.79 Å². The number of amides is 3. The molecule has 10 heteroatoms. The minimum Gasteiger partial charge on any atom is -0.481 e. The molecule has 39 heavy (non-hydrogen) atoms. The standard InChI is InChI=1S/C29H45N3O7/c1-8-20(4)25(31-28(38)39-18-21-12-10-9-11-13-21)27(37)32(29(5,6)7)23(14-15-24(34)35)26(36)30-22(17-33)16-19(2)3/h9-13,17,19-20,22-23,25H,8,14-16,18H2,1-7H3,(H,30,36)(H,31,38)(H,34,35)/t20-,22-,23-,25-/m0/s1. The van der Waals surface area contributed by atoms with Crippen molar-refractivity contribution in [1.29, 1.82) is 0 Å². The van der Waals surface area contributed by atoms with Gasteiger partial charge < -0.3 is 30.2 Å². The van der Waals surface area contributed by atoms with Crippen molar-refractivity contribution in [1.82, 2.24) is 15.5 Å². The summed E-state index contributed by atoms with van der Waals surface area (Å²) >= 11 is 0. The number of aldehydes is 1. The molecule has 0 heterocycles. The Hall–Kier alpha value is -3.43. The molecule has 3 N–H and O–H groups in total. The molecule has 10 nitrogen and oxygen atoms in total. The smallest absolute Gasteiger partial charge is 0.408 e. The van der Waals surface area contributed by atoms with Gasteiger partial charge in [0, 0.05) is 12.0 Å². The summed E-state index contributed by atoms with van der Waals surface area (Å²) in [6.45, 7) is 12.7. The van der Waals surface area contributed by atoms with Gasteiger partial charge in [0.15, 0.2) is 0 Å². The van der Waals surface area contributed by atoms with Crippen LogP contribution in [0.1, 0.15) is 79.7 Å². The Morgan fingerprint density at radius 1 is 1.05 bits per heavy atom. The predicted molar refractivity (Wildman–Crippen MR) is 148 cm³/mol. The molecule has 1 aromatic carbocycles. The van der Waals surface area contributed by atoms with Gasteiger partial charge in [0.1, 0.15) is 25.0 Å². The first-order valence-corrected chi connectivity index (χ1v) is 13.5. The Labute approximate surface area is 231 Å². The molecule has 218 valence electrons. The average Bonchev–Trinajstić information content (AvgIpc) is 2.86. The van der Waals surface area contributed by atoms with E-state index in [-0.39, 0.29) is 31.3 Å². The van der Waals surface area contributed by atoms with Gasteiger partial charge in [0.2, 0.25) is 11.8 Å². The molecule has 0 aliphatic heterocycles. The number of aliphatic carboxylic acids is 1. The summed E-state index contributed by atoms with van der Waals surface area (Å²) in [5.41, 5.74) is -0.139. The van der Waals surface area contributed by atoms with Gasteiger partial charge in [0.25, 0.3) is 0 Å². The van der Waals surface area contributed by atoms with E-state index in [1.54, 1.807) is 27.7 Å². The molecule has 0 saturated heterocycles. The Kier molecular flexibility index (Phi) is 13.7. The average molecular weight is 548 g/mol. The third kappa shape index (κ3) is 11.5. The monoisotopic (exact) mass is 547 g/mol. The number of carbonyl (C=O) groups is 5. The van der Waals surface area contributed by atoms with E-state index in [4.69, 9.17) is 4.74 Å². The number of carbonyl (C=O) groups excluding carboxylic acids is 4. The molecule has 0 saturated carbocycles. The second-order valence-electron chi connectivity index (χ2n) is 11.3. The Balaban J connectivity index is 3.31. The molecule has 0 spiro atoms. The first kappa shape index (κ1) is 33.6. The van der Waals surface area contributed by atoms with Gasteiger partial charge in [-0.15, -0.1) is 0 Å². The number of ether oxygens (including phenoxy) is 1. The lowest BCUT2D eigenvalue weighted by Gasteiger charge is -2.43. The van der Waals surface area contributed by atoms with Crippen molar-refractivity contribution >= 4 is 30.2 Å². The molecule has 1 rings (SSSR count). The van der Waals surface area contributed by atoms with Crippen molar-refractivity contribution in [3.8, 4) is 0 Å². The Bertz CT molecular complexity index is 959. The molecule has 3 amide bonds. The van der Waals surface area contributed by atoms with Crippen LogP contribution in [-0.2, 0) is 30.5 Å². The van der Waals surface area contributed by atoms with E-state index in [1.165, 1.54) is 4.90 Å². The number of nitrogens with zero attached hydrogens (tertiary/aromatic N) is 1. The van der Waals surface area contributed by atoms with E-state index in [0.717, 1.165) is 5.56 Å². The lowest BCUT2D eigenvalue weighted by Crippen LogP contribution is -2.63. The zero-order valence-electron chi connectivity index (χ0n) is 24.2. The van der Waals surface area contributed by atoms with Crippen molar-refractivity contribution < 1.29 is 33.8 Å². The number of hydrogen-bond acceptors (Lipinski definition) is 6. The molecule has 0 bridgehead atoms. The molecule has 1 aromatic rings. The molecule has 0 unspecified atom stereocenters. The fraction of sp³-hybridized carbons (Fsp3) is 0.621. The lowest BCUT2D eigenvalue weighted by atomic mass is 9.92. The van der Waals surface area contributed by atoms with Gasteiger partial charge in [-0.2, -0.15) is 0 Å². The van der Waals surface area contributed by atoms with Crippen molar-refractivity contribution in [2.75, 3.05) is 0 Å². The van der Waals surface area contributed by atoms with Gasteiger partial charge >= 0.3 is 12.1 Å². The molecule has 0 aliphatic carbocycles. The van der Waals surface area contributed by atoms with Gasteiger partial charge in [-0.3, -0.25) is 14.4 Å². The number of nitrogens with one attached hydrogen (secondary N) is 2. The van der Waals surface area contributed by atoms with Gasteiger partial charge in [0.05, 0.1) is 6.04 Å². The minimum atomic E-state index is -1.18. The maximum absolute atomic E-state index is 14.1. The normalized spacial score (nSPS) is 14.5. The maximum atomic E-state index is 14.1. The highest BCUT2D eigenvalue weighted by Gasteiger charge is 2.42. The van der Waals surface area contributed by atoms with E-state index in [1.807, 2.05) is 51.1 Å². The van der Waals surface area contributed by atoms with E-state index in [9.17, 15) is 29.1 Å². The summed E-state index contributed by atoms with van der Waals surface area (Å²) < 4.78 is 5.34. The van der Waals surface area contributed by atoms with Gasteiger partial charge in [-0.1, -0.05) is 64.4 Å². The summed E-state index contributed by atoms with van der Waals surface area (Å²) in [6, 6.07) is 6.11. The number of carboxylic acid groups (broad SMARTS) is 1. The summed E-state index contributed by atoms with van der Waals surface area (Å²) in [5, 5.41) is 14.7. The highest BCUT2D eigenvalue weighted by Crippen LogP contribution is 2.25. The first-order valence-electron chi connectivity index (χ1n) is 13.5. The van der Waals surface area contributed by atoms with Crippen molar-refractivity contribution in [2.45, 2.75) is 104 Å². The second-order valence-corrected chi connectivity index (χ2v) is 11.3. The van der Waals surface area contributed by atoms with Crippen LogP contribution in [0.5, 0.6) is 0 Å². The van der Waals surface area contributed by atoms with Crippen LogP contribution in [0, 0.1) is 11.8 Å². The van der Waals surface area contributed by atoms with Crippen LogP contribution in [0.15, 0.2) is 30.3 Å². The quantitative estimate of drug-likeness (QED) is 0.283.